The number of carboxylic acids is 1. The number of aliphatic carboxylic acids is 1. The van der Waals surface area contributed by atoms with Crippen LogP contribution >= 0.6 is 27.4 Å². The van der Waals surface area contributed by atoms with Crippen LogP contribution in [0.15, 0.2) is 114 Å². The van der Waals surface area contributed by atoms with Crippen molar-refractivity contribution in [3.8, 4) is 0 Å². The first-order chi connectivity index (χ1) is 38.3. The van der Waals surface area contributed by atoms with Crippen LogP contribution in [0.3, 0.4) is 0 Å². The molecule has 2 unspecified atom stereocenters. The van der Waals surface area contributed by atoms with E-state index >= 15 is 0 Å². The molecule has 450 valence electrons. The molecular weight excluding hydrogens is 1100 g/mol. The highest BCUT2D eigenvalue weighted by Crippen LogP contribution is 2.60. The Hall–Kier alpha value is -4.58. The zero-order chi connectivity index (χ0) is 59.0. The minimum Gasteiger partial charge on any atom is -0.481 e. The SMILES string of the molecule is CCCCC/C=C\C\C=C/C=C/C=C/[C@@H](SC[C@H](N)C(=O)O[C@H](COC(=O)CCC/C=C\C/C=C\C/C=C\C/C=C\CCCCC)COP(=O)(O)OP(=O)(O)OC[C@H]1O[C@@H](n2ccc(N)nc2=O)[C@H](O)[C@@H]1O)[C@@H](O)CCCC(=O)O. The number of nitrogens with two attached hydrogens (primary N) is 2. The van der Waals surface area contributed by atoms with Crippen LogP contribution in [0.5, 0.6) is 0 Å². The van der Waals surface area contributed by atoms with Gasteiger partial charge < -0.3 is 55.9 Å². The minimum atomic E-state index is -5.60. The molecule has 1 aromatic heterocycles. The molecule has 2 rings (SSSR count). The molecule has 1 fully saturated rings. The lowest BCUT2D eigenvalue weighted by atomic mass is 10.1. The van der Waals surface area contributed by atoms with Crippen LogP contribution < -0.4 is 17.2 Å². The number of aromatic nitrogens is 2. The number of carbonyl (C=O) groups excluding carboxylic acids is 2. The average molecular weight is 1190 g/mol. The number of rotatable bonds is 44. The molecule has 0 saturated carbocycles. The maximum atomic E-state index is 13.4. The third-order valence-corrected chi connectivity index (χ3v) is 15.7. The normalized spacial score (nSPS) is 20.2. The molecular formula is C55H86N4O18P2S. The number of thioether (sulfide) groups is 1. The summed E-state index contributed by atoms with van der Waals surface area (Å²) in [4.78, 5) is 74.1. The van der Waals surface area contributed by atoms with Crippen molar-refractivity contribution in [1.82, 2.24) is 9.55 Å². The number of ether oxygens (including phenoxy) is 3. The number of aliphatic hydroxyl groups is 3. The summed E-state index contributed by atoms with van der Waals surface area (Å²) in [6, 6.07) is -0.183. The lowest BCUT2D eigenvalue weighted by Crippen LogP contribution is -2.40. The number of anilines is 1. The number of esters is 2. The first-order valence-corrected chi connectivity index (χ1v) is 31.2. The van der Waals surface area contributed by atoms with Crippen LogP contribution in [0.4, 0.5) is 5.82 Å². The summed E-state index contributed by atoms with van der Waals surface area (Å²) >= 11 is 1.08. The molecule has 10 atom stereocenters. The number of carbonyl (C=O) groups is 3. The van der Waals surface area contributed by atoms with Gasteiger partial charge in [-0.05, 0) is 83.1 Å². The Balaban J connectivity index is 2.08. The molecule has 25 heteroatoms. The molecule has 0 radical (unpaired) electrons. The molecule has 0 aliphatic carbocycles. The fourth-order valence-corrected chi connectivity index (χ4v) is 10.5. The van der Waals surface area contributed by atoms with Gasteiger partial charge in [-0.2, -0.15) is 9.29 Å². The van der Waals surface area contributed by atoms with E-state index in [-0.39, 0.29) is 37.3 Å². The number of carboxylic acid groups (broad SMARTS) is 1. The molecule has 22 nitrogen and oxygen atoms in total. The van der Waals surface area contributed by atoms with Crippen LogP contribution in [0.25, 0.3) is 0 Å². The molecule has 0 spiro atoms. The maximum absolute atomic E-state index is 13.4. The van der Waals surface area contributed by atoms with E-state index in [4.69, 9.17) is 39.8 Å². The fourth-order valence-electron chi connectivity index (χ4n) is 7.26. The van der Waals surface area contributed by atoms with E-state index in [1.54, 1.807) is 24.3 Å². The quantitative estimate of drug-likeness (QED) is 0.00997. The number of allylic oxidation sites excluding steroid dienone is 15. The third-order valence-electron chi connectivity index (χ3n) is 11.6. The standard InChI is InChI=1S/C55H86N4O18P2S/c1-3-5-7-9-11-13-15-17-18-19-20-21-23-25-27-29-31-36-50(63)72-39-43(40-73-78(68,69)77-79(70,71)74-41-46-51(64)52(65)53(76-46)59-38-37-48(57)58-55(59)67)75-54(66)44(56)42-80-47(45(60)33-32-35-49(61)62)34-30-28-26-24-22-16-14-12-10-8-6-4-2/h11-14,17-18,20-22,24-28,30,34,37-38,43-47,51-53,60,64-65H,3-10,15-16,19,23,29,31-33,35-36,39-42,56H2,1-2H3,(H,61,62)(H,68,69)(H,70,71)(H2,57,58,67)/b13-11-,14-12-,18-17-,21-20-,24-22-,27-25-,28-26+,34-30+/t43-,44+,45+,46-,47-,51-,52-,53-/m1/s1. The number of phosphoric acid groups is 2. The Kier molecular flexibility index (Phi) is 37.8. The lowest BCUT2D eigenvalue weighted by molar-refractivity contribution is -0.161. The number of aliphatic hydroxyl groups excluding tert-OH is 3. The Bertz CT molecular complexity index is 2360. The highest BCUT2D eigenvalue weighted by atomic mass is 32.2. The number of unbranched alkanes of at least 4 members (excludes halogenated alkanes) is 7. The number of hydrogen-bond donors (Lipinski definition) is 8. The van der Waals surface area contributed by atoms with Gasteiger partial charge in [-0.25, -0.2) is 13.9 Å². The molecule has 2 heterocycles. The zero-order valence-corrected chi connectivity index (χ0v) is 48.6. The van der Waals surface area contributed by atoms with Crippen molar-refractivity contribution < 1.29 is 81.3 Å². The summed E-state index contributed by atoms with van der Waals surface area (Å²) in [6.45, 7) is 1.55. The van der Waals surface area contributed by atoms with Crippen LogP contribution in [-0.2, 0) is 51.1 Å². The molecule has 0 bridgehead atoms. The molecule has 80 heavy (non-hydrogen) atoms. The summed E-state index contributed by atoms with van der Waals surface area (Å²) in [5.41, 5.74) is 10.8. The van der Waals surface area contributed by atoms with Crippen LogP contribution in [0.1, 0.15) is 136 Å². The van der Waals surface area contributed by atoms with Crippen molar-refractivity contribution in [1.29, 1.82) is 0 Å². The first-order valence-electron chi connectivity index (χ1n) is 27.2. The van der Waals surface area contributed by atoms with Crippen LogP contribution in [-0.4, -0.2) is 125 Å². The van der Waals surface area contributed by atoms with Gasteiger partial charge in [0.1, 0.15) is 36.8 Å². The second-order valence-electron chi connectivity index (χ2n) is 18.6. The van der Waals surface area contributed by atoms with E-state index in [1.165, 1.54) is 31.7 Å². The van der Waals surface area contributed by atoms with E-state index in [9.17, 15) is 53.4 Å². The van der Waals surface area contributed by atoms with Gasteiger partial charge in [0.2, 0.25) is 0 Å². The summed E-state index contributed by atoms with van der Waals surface area (Å²) in [6.07, 6.45) is 36.9. The van der Waals surface area contributed by atoms with Crippen molar-refractivity contribution in [2.75, 3.05) is 31.3 Å². The molecule has 1 aliphatic heterocycles. The van der Waals surface area contributed by atoms with Crippen LogP contribution in [0, 0.1) is 0 Å². The highest BCUT2D eigenvalue weighted by Gasteiger charge is 2.46. The molecule has 1 aliphatic rings. The van der Waals surface area contributed by atoms with Gasteiger partial charge >= 0.3 is 39.2 Å². The average Bonchev–Trinajstić information content (AvgIpc) is 3.81. The first kappa shape index (κ1) is 71.5. The minimum absolute atomic E-state index is 0.0567. The van der Waals surface area contributed by atoms with Gasteiger partial charge in [-0.1, -0.05) is 137 Å². The van der Waals surface area contributed by atoms with E-state index in [1.807, 2.05) is 30.4 Å². The van der Waals surface area contributed by atoms with Crippen molar-refractivity contribution in [3.05, 3.63) is 120 Å². The van der Waals surface area contributed by atoms with Crippen molar-refractivity contribution >= 4 is 51.1 Å². The lowest BCUT2D eigenvalue weighted by Gasteiger charge is -2.23. The summed E-state index contributed by atoms with van der Waals surface area (Å²) in [5, 5.41) is 40.5. The molecule has 10 N–H and O–H groups in total. The largest absolute Gasteiger partial charge is 0.481 e. The molecule has 1 aromatic rings. The van der Waals surface area contributed by atoms with E-state index in [2.05, 4.69) is 65.7 Å². The Morgan fingerprint density at radius 3 is 1.95 bits per heavy atom. The van der Waals surface area contributed by atoms with E-state index < -0.39 is 107 Å². The van der Waals surface area contributed by atoms with Gasteiger partial charge in [0.15, 0.2) is 12.3 Å². The second-order valence-corrected chi connectivity index (χ2v) is 22.8. The van der Waals surface area contributed by atoms with Gasteiger partial charge in [-0.3, -0.25) is 28.0 Å². The fraction of sp³-hybridized carbons (Fsp3) is 0.582. The Morgan fingerprint density at radius 2 is 1.35 bits per heavy atom. The van der Waals surface area contributed by atoms with Gasteiger partial charge in [-0.15, -0.1) is 11.8 Å². The van der Waals surface area contributed by atoms with Gasteiger partial charge in [0, 0.05) is 30.0 Å². The second kappa shape index (κ2) is 42.3. The van der Waals surface area contributed by atoms with Crippen molar-refractivity contribution in [2.24, 2.45) is 5.73 Å². The van der Waals surface area contributed by atoms with Gasteiger partial charge in [0.05, 0.1) is 19.3 Å². The van der Waals surface area contributed by atoms with E-state index in [0.29, 0.717) is 19.3 Å². The maximum Gasteiger partial charge on any atom is 0.481 e. The van der Waals surface area contributed by atoms with Crippen molar-refractivity contribution in [3.63, 3.8) is 0 Å². The summed E-state index contributed by atoms with van der Waals surface area (Å²) in [5.74, 6) is -3.12. The van der Waals surface area contributed by atoms with Crippen LogP contribution in [0.2, 0.25) is 0 Å². The number of phosphoric ester groups is 2. The Morgan fingerprint density at radius 1 is 0.775 bits per heavy atom. The monoisotopic (exact) mass is 1180 g/mol. The zero-order valence-electron chi connectivity index (χ0n) is 46.0. The predicted octanol–water partition coefficient (Wildman–Crippen LogP) is 8.54. The third kappa shape index (κ3) is 33.4. The summed E-state index contributed by atoms with van der Waals surface area (Å²) < 4.78 is 57.0. The number of nitrogens with zero attached hydrogens (tertiary/aromatic N) is 2. The highest BCUT2D eigenvalue weighted by molar-refractivity contribution is 8.00. The number of hydrogen-bond acceptors (Lipinski definition) is 19. The molecule has 0 amide bonds. The van der Waals surface area contributed by atoms with Gasteiger partial charge in [0.25, 0.3) is 0 Å². The smallest absolute Gasteiger partial charge is 0.481 e. The Labute approximate surface area is 474 Å². The summed E-state index contributed by atoms with van der Waals surface area (Å²) in [7, 11) is -11.2. The topological polar surface area (TPSA) is 349 Å². The molecule has 1 saturated heterocycles. The molecule has 0 aromatic carbocycles. The number of nitrogen functional groups attached to an aromatic ring is 1. The predicted molar refractivity (Wildman–Crippen MR) is 308 cm³/mol. The van der Waals surface area contributed by atoms with E-state index in [0.717, 1.165) is 67.5 Å². The van der Waals surface area contributed by atoms with Crippen molar-refractivity contribution in [2.45, 2.75) is 177 Å².